The average Bonchev–Trinajstić information content (AvgIpc) is 2.71. The van der Waals surface area contributed by atoms with Gasteiger partial charge in [-0.25, -0.2) is 4.98 Å². The van der Waals surface area contributed by atoms with Crippen LogP contribution < -0.4 is 4.90 Å². The third kappa shape index (κ3) is 2.19. The fourth-order valence-corrected chi connectivity index (χ4v) is 2.21. The highest BCUT2D eigenvalue weighted by Crippen LogP contribution is 2.40. The predicted molar refractivity (Wildman–Crippen MR) is 75.6 cm³/mol. The van der Waals surface area contributed by atoms with Gasteiger partial charge < -0.3 is 4.74 Å². The zero-order chi connectivity index (χ0) is 14.9. The standard InChI is InChI=1S/C15H17N3O2/c1-15(2,3)14(19)18-12-10(6-5-9-17-12)11(7-8-16)13(18)20-4/h5-7,9,13H,1-4H3/b11-7-. The van der Waals surface area contributed by atoms with Crippen molar-refractivity contribution in [1.82, 2.24) is 4.98 Å². The molecule has 20 heavy (non-hydrogen) atoms. The van der Waals surface area contributed by atoms with Gasteiger partial charge in [-0.1, -0.05) is 20.8 Å². The number of fused-ring (bicyclic) bond motifs is 1. The van der Waals surface area contributed by atoms with Gasteiger partial charge in [0.15, 0.2) is 6.23 Å². The van der Waals surface area contributed by atoms with Crippen molar-refractivity contribution in [2.75, 3.05) is 12.0 Å². The van der Waals surface area contributed by atoms with Crippen molar-refractivity contribution >= 4 is 17.3 Å². The zero-order valence-corrected chi connectivity index (χ0v) is 12.0. The van der Waals surface area contributed by atoms with Crippen LogP contribution in [-0.4, -0.2) is 24.2 Å². The molecule has 1 aliphatic rings. The normalized spacial score (nSPS) is 19.9. The predicted octanol–water partition coefficient (Wildman–Crippen LogP) is 2.35. The van der Waals surface area contributed by atoms with Gasteiger partial charge in [0.1, 0.15) is 5.82 Å². The number of amides is 1. The van der Waals surface area contributed by atoms with E-state index in [1.807, 2.05) is 32.9 Å². The largest absolute Gasteiger partial charge is 0.357 e. The maximum absolute atomic E-state index is 12.6. The molecular formula is C15H17N3O2. The quantitative estimate of drug-likeness (QED) is 0.735. The van der Waals surface area contributed by atoms with Crippen molar-refractivity contribution in [3.63, 3.8) is 0 Å². The lowest BCUT2D eigenvalue weighted by Crippen LogP contribution is -2.45. The number of nitrogens with zero attached hydrogens (tertiary/aromatic N) is 3. The van der Waals surface area contributed by atoms with Gasteiger partial charge in [0.05, 0.1) is 6.07 Å². The van der Waals surface area contributed by atoms with E-state index in [0.29, 0.717) is 11.4 Å². The second kappa shape index (κ2) is 5.06. The Hall–Kier alpha value is -2.19. The fraction of sp³-hybridized carbons (Fsp3) is 0.400. The third-order valence-electron chi connectivity index (χ3n) is 3.13. The highest BCUT2D eigenvalue weighted by atomic mass is 16.5. The summed E-state index contributed by atoms with van der Waals surface area (Å²) in [4.78, 5) is 18.5. The number of hydrogen-bond acceptors (Lipinski definition) is 4. The van der Waals surface area contributed by atoms with E-state index in [0.717, 1.165) is 5.56 Å². The number of methoxy groups -OCH3 is 1. The van der Waals surface area contributed by atoms with Crippen molar-refractivity contribution in [2.45, 2.75) is 27.0 Å². The van der Waals surface area contributed by atoms with E-state index >= 15 is 0 Å². The zero-order valence-electron chi connectivity index (χ0n) is 12.0. The molecule has 5 heteroatoms. The minimum absolute atomic E-state index is 0.0920. The molecule has 0 saturated heterocycles. The minimum Gasteiger partial charge on any atom is -0.357 e. The molecule has 0 bridgehead atoms. The summed E-state index contributed by atoms with van der Waals surface area (Å²) in [6, 6.07) is 5.63. The number of hydrogen-bond donors (Lipinski definition) is 0. The van der Waals surface area contributed by atoms with Crippen molar-refractivity contribution in [1.29, 1.82) is 5.26 Å². The number of anilines is 1. The van der Waals surface area contributed by atoms with Crippen LogP contribution in [-0.2, 0) is 9.53 Å². The monoisotopic (exact) mass is 271 g/mol. The van der Waals surface area contributed by atoms with Gasteiger partial charge >= 0.3 is 0 Å². The molecule has 2 rings (SSSR count). The van der Waals surface area contributed by atoms with Crippen molar-refractivity contribution in [3.05, 3.63) is 30.0 Å². The third-order valence-corrected chi connectivity index (χ3v) is 3.13. The average molecular weight is 271 g/mol. The summed E-state index contributed by atoms with van der Waals surface area (Å²) in [6.07, 6.45) is 2.43. The van der Waals surface area contributed by atoms with Gasteiger partial charge in [-0.2, -0.15) is 5.26 Å². The summed E-state index contributed by atoms with van der Waals surface area (Å²) in [5.41, 5.74) is 0.863. The fourth-order valence-electron chi connectivity index (χ4n) is 2.21. The number of ether oxygens (including phenoxy) is 1. The van der Waals surface area contributed by atoms with Crippen LogP contribution in [0, 0.1) is 16.7 Å². The molecule has 0 aliphatic carbocycles. The second-order valence-corrected chi connectivity index (χ2v) is 5.62. The van der Waals surface area contributed by atoms with Crippen LogP contribution in [0.1, 0.15) is 26.3 Å². The van der Waals surface area contributed by atoms with Crippen LogP contribution in [0.3, 0.4) is 0 Å². The first-order valence-corrected chi connectivity index (χ1v) is 6.33. The molecule has 1 unspecified atom stereocenters. The molecule has 1 atom stereocenters. The summed E-state index contributed by atoms with van der Waals surface area (Å²) in [7, 11) is 1.52. The number of aromatic nitrogens is 1. The Morgan fingerprint density at radius 1 is 1.55 bits per heavy atom. The van der Waals surface area contributed by atoms with Crippen molar-refractivity contribution in [3.8, 4) is 6.07 Å². The van der Waals surface area contributed by atoms with Gasteiger partial charge in [-0.3, -0.25) is 9.69 Å². The number of nitriles is 1. The minimum atomic E-state index is -0.605. The lowest BCUT2D eigenvalue weighted by molar-refractivity contribution is -0.127. The van der Waals surface area contributed by atoms with Gasteiger partial charge in [-0.15, -0.1) is 0 Å². The van der Waals surface area contributed by atoms with E-state index in [9.17, 15) is 4.79 Å². The lowest BCUT2D eigenvalue weighted by Gasteiger charge is -2.29. The Morgan fingerprint density at radius 2 is 2.25 bits per heavy atom. The lowest BCUT2D eigenvalue weighted by atomic mass is 9.95. The molecule has 0 aromatic carbocycles. The molecule has 1 amide bonds. The summed E-state index contributed by atoms with van der Waals surface area (Å²) in [5.74, 6) is 0.450. The Morgan fingerprint density at radius 3 is 2.80 bits per heavy atom. The van der Waals surface area contributed by atoms with Gasteiger partial charge in [-0.05, 0) is 12.1 Å². The van der Waals surface area contributed by atoms with Crippen LogP contribution in [0.5, 0.6) is 0 Å². The van der Waals surface area contributed by atoms with Crippen LogP contribution >= 0.6 is 0 Å². The highest BCUT2D eigenvalue weighted by molar-refractivity contribution is 6.05. The van der Waals surface area contributed by atoms with Crippen LogP contribution in [0.2, 0.25) is 0 Å². The first-order valence-electron chi connectivity index (χ1n) is 6.33. The van der Waals surface area contributed by atoms with Crippen molar-refractivity contribution in [2.24, 2.45) is 5.41 Å². The smallest absolute Gasteiger partial charge is 0.235 e. The molecule has 0 fully saturated rings. The SMILES string of the molecule is COC1/C(=C\C#N)c2cccnc2N1C(=O)C(C)(C)C. The Balaban J connectivity index is 2.61. The van der Waals surface area contributed by atoms with E-state index in [2.05, 4.69) is 4.98 Å². The summed E-state index contributed by atoms with van der Waals surface area (Å²) < 4.78 is 5.43. The maximum atomic E-state index is 12.6. The van der Waals surface area contributed by atoms with E-state index in [1.165, 1.54) is 18.1 Å². The van der Waals surface area contributed by atoms with Crippen molar-refractivity contribution < 1.29 is 9.53 Å². The first kappa shape index (κ1) is 14.2. The van der Waals surface area contributed by atoms with Crippen LogP contribution in [0.25, 0.3) is 5.57 Å². The topological polar surface area (TPSA) is 66.2 Å². The van der Waals surface area contributed by atoms with E-state index in [1.54, 1.807) is 12.3 Å². The van der Waals surface area contributed by atoms with E-state index in [4.69, 9.17) is 10.00 Å². The molecular weight excluding hydrogens is 254 g/mol. The van der Waals surface area contributed by atoms with Gasteiger partial charge in [0.2, 0.25) is 5.91 Å². The number of pyridine rings is 1. The second-order valence-electron chi connectivity index (χ2n) is 5.62. The molecule has 1 aromatic heterocycles. The molecule has 2 heterocycles. The molecule has 5 nitrogen and oxygen atoms in total. The molecule has 0 radical (unpaired) electrons. The highest BCUT2D eigenvalue weighted by Gasteiger charge is 2.42. The number of rotatable bonds is 1. The molecule has 1 aliphatic heterocycles. The molecule has 104 valence electrons. The number of carbonyl (C=O) groups excluding carboxylic acids is 1. The summed E-state index contributed by atoms with van der Waals surface area (Å²) in [5, 5.41) is 8.94. The first-order chi connectivity index (χ1) is 9.41. The number of allylic oxidation sites excluding steroid dienone is 1. The van der Waals surface area contributed by atoms with Crippen LogP contribution in [0.15, 0.2) is 24.4 Å². The molecule has 1 aromatic rings. The molecule has 0 N–H and O–H groups in total. The Labute approximate surface area is 118 Å². The van der Waals surface area contributed by atoms with Gasteiger partial charge in [0, 0.05) is 35.9 Å². The Kier molecular flexibility index (Phi) is 3.60. The van der Waals surface area contributed by atoms with Crippen LogP contribution in [0.4, 0.5) is 5.82 Å². The summed E-state index contributed by atoms with van der Waals surface area (Å²) in [6.45, 7) is 5.53. The summed E-state index contributed by atoms with van der Waals surface area (Å²) >= 11 is 0. The van der Waals surface area contributed by atoms with E-state index < -0.39 is 11.6 Å². The maximum Gasteiger partial charge on any atom is 0.235 e. The number of carbonyl (C=O) groups is 1. The Bertz CT molecular complexity index is 608. The molecule has 0 spiro atoms. The van der Waals surface area contributed by atoms with Gasteiger partial charge in [0.25, 0.3) is 0 Å². The van der Waals surface area contributed by atoms with E-state index in [-0.39, 0.29) is 5.91 Å². The molecule has 0 saturated carbocycles.